The normalized spacial score (nSPS) is 16.9. The number of benzene rings is 1. The Kier molecular flexibility index (Phi) is 5.05. The average molecular weight is 326 g/mol. The SMILES string of the molecule is O=S(=O)(NCCC1OCCO1)c1ccc(Cl)c(Cl)c1. The van der Waals surface area contributed by atoms with Gasteiger partial charge in [0.2, 0.25) is 10.0 Å². The molecule has 1 aliphatic rings. The Balaban J connectivity index is 1.95. The highest BCUT2D eigenvalue weighted by Crippen LogP contribution is 2.24. The van der Waals surface area contributed by atoms with E-state index < -0.39 is 10.0 Å². The molecule has 1 N–H and O–H groups in total. The van der Waals surface area contributed by atoms with Crippen molar-refractivity contribution in [1.29, 1.82) is 0 Å². The van der Waals surface area contributed by atoms with Gasteiger partial charge in [0.1, 0.15) is 0 Å². The predicted octanol–water partition coefficient (Wildman–Crippen LogP) is 2.03. The van der Waals surface area contributed by atoms with Crippen LogP contribution in [0.2, 0.25) is 10.0 Å². The van der Waals surface area contributed by atoms with Gasteiger partial charge in [-0.05, 0) is 18.2 Å². The Morgan fingerprint density at radius 3 is 2.53 bits per heavy atom. The zero-order valence-electron chi connectivity index (χ0n) is 9.93. The summed E-state index contributed by atoms with van der Waals surface area (Å²) < 4.78 is 36.8. The van der Waals surface area contributed by atoms with Crippen LogP contribution < -0.4 is 4.72 Å². The molecule has 0 radical (unpaired) electrons. The third-order valence-corrected chi connectivity index (χ3v) is 4.76. The molecule has 0 aliphatic carbocycles. The van der Waals surface area contributed by atoms with Gasteiger partial charge in [-0.2, -0.15) is 0 Å². The van der Waals surface area contributed by atoms with Crippen LogP contribution in [-0.4, -0.2) is 34.5 Å². The van der Waals surface area contributed by atoms with Gasteiger partial charge in [0.05, 0.1) is 28.2 Å². The first-order valence-corrected chi connectivity index (χ1v) is 7.91. The van der Waals surface area contributed by atoms with E-state index in [0.717, 1.165) is 0 Å². The zero-order valence-corrected chi connectivity index (χ0v) is 12.3. The van der Waals surface area contributed by atoms with E-state index in [9.17, 15) is 8.42 Å². The van der Waals surface area contributed by atoms with Crippen LogP contribution in [0.3, 0.4) is 0 Å². The fraction of sp³-hybridized carbons (Fsp3) is 0.455. The first-order chi connectivity index (χ1) is 8.99. The van der Waals surface area contributed by atoms with Gasteiger partial charge < -0.3 is 9.47 Å². The molecule has 0 spiro atoms. The van der Waals surface area contributed by atoms with E-state index in [4.69, 9.17) is 32.7 Å². The van der Waals surface area contributed by atoms with Gasteiger partial charge in [0.15, 0.2) is 6.29 Å². The molecular weight excluding hydrogens is 313 g/mol. The lowest BCUT2D eigenvalue weighted by Gasteiger charge is -2.10. The molecule has 5 nitrogen and oxygen atoms in total. The molecule has 1 fully saturated rings. The summed E-state index contributed by atoms with van der Waals surface area (Å²) in [6.45, 7) is 1.32. The molecule has 0 saturated carbocycles. The molecule has 1 aromatic rings. The van der Waals surface area contributed by atoms with E-state index in [1.54, 1.807) is 0 Å². The molecule has 0 amide bonds. The van der Waals surface area contributed by atoms with Crippen LogP contribution in [0, 0.1) is 0 Å². The quantitative estimate of drug-likeness (QED) is 0.899. The van der Waals surface area contributed by atoms with Gasteiger partial charge >= 0.3 is 0 Å². The van der Waals surface area contributed by atoms with Crippen LogP contribution in [0.4, 0.5) is 0 Å². The lowest BCUT2D eigenvalue weighted by atomic mass is 10.4. The Hall–Kier alpha value is -0.370. The van der Waals surface area contributed by atoms with E-state index in [0.29, 0.717) is 24.7 Å². The Morgan fingerprint density at radius 1 is 1.21 bits per heavy atom. The summed E-state index contributed by atoms with van der Waals surface area (Å²) in [7, 11) is -3.60. The number of rotatable bonds is 5. The lowest BCUT2D eigenvalue weighted by Crippen LogP contribution is -2.27. The summed E-state index contributed by atoms with van der Waals surface area (Å²) in [6.07, 6.45) is 0.122. The van der Waals surface area contributed by atoms with Crippen LogP contribution >= 0.6 is 23.2 Å². The first kappa shape index (κ1) is 15.0. The third-order valence-electron chi connectivity index (χ3n) is 2.56. The van der Waals surface area contributed by atoms with E-state index in [2.05, 4.69) is 4.72 Å². The molecule has 0 atom stereocenters. The van der Waals surface area contributed by atoms with Crippen molar-refractivity contribution >= 4 is 33.2 Å². The molecule has 1 aromatic carbocycles. The summed E-state index contributed by atoms with van der Waals surface area (Å²) in [4.78, 5) is 0.0789. The number of sulfonamides is 1. The molecule has 2 rings (SSSR count). The third kappa shape index (κ3) is 4.05. The van der Waals surface area contributed by atoms with Crippen LogP contribution in [0.15, 0.2) is 23.1 Å². The van der Waals surface area contributed by atoms with Crippen molar-refractivity contribution < 1.29 is 17.9 Å². The maximum absolute atomic E-state index is 12.0. The fourth-order valence-corrected chi connectivity index (χ4v) is 3.05. The van der Waals surface area contributed by atoms with Gasteiger partial charge in [-0.25, -0.2) is 13.1 Å². The van der Waals surface area contributed by atoms with Gasteiger partial charge in [-0.3, -0.25) is 0 Å². The largest absolute Gasteiger partial charge is 0.350 e. The number of nitrogens with one attached hydrogen (secondary N) is 1. The van der Waals surface area contributed by atoms with Crippen molar-refractivity contribution in [3.8, 4) is 0 Å². The molecule has 8 heteroatoms. The van der Waals surface area contributed by atoms with Crippen LogP contribution in [0.1, 0.15) is 6.42 Å². The Labute approximate surface area is 121 Å². The molecule has 106 valence electrons. The van der Waals surface area contributed by atoms with E-state index in [-0.39, 0.29) is 22.8 Å². The smallest absolute Gasteiger partial charge is 0.240 e. The van der Waals surface area contributed by atoms with Gasteiger partial charge in [0, 0.05) is 13.0 Å². The zero-order chi connectivity index (χ0) is 13.9. The van der Waals surface area contributed by atoms with E-state index >= 15 is 0 Å². The van der Waals surface area contributed by atoms with Gasteiger partial charge in [-0.15, -0.1) is 0 Å². The van der Waals surface area contributed by atoms with E-state index in [1.807, 2.05) is 0 Å². The molecule has 1 saturated heterocycles. The standard InChI is InChI=1S/C11H13Cl2NO4S/c12-9-2-1-8(7-10(9)13)19(15,16)14-4-3-11-17-5-6-18-11/h1-2,7,11,14H,3-6H2. The maximum atomic E-state index is 12.0. The molecule has 0 aromatic heterocycles. The minimum atomic E-state index is -3.60. The molecule has 1 aliphatic heterocycles. The molecular formula is C11H13Cl2NO4S. The van der Waals surface area contributed by atoms with E-state index in [1.165, 1.54) is 18.2 Å². The topological polar surface area (TPSA) is 64.6 Å². The van der Waals surface area contributed by atoms with Crippen molar-refractivity contribution in [2.45, 2.75) is 17.6 Å². The second kappa shape index (κ2) is 6.39. The van der Waals surface area contributed by atoms with Crippen molar-refractivity contribution in [3.05, 3.63) is 28.2 Å². The first-order valence-electron chi connectivity index (χ1n) is 5.67. The summed E-state index contributed by atoms with van der Waals surface area (Å²) in [5.74, 6) is 0. The minimum absolute atomic E-state index is 0.0789. The fourth-order valence-electron chi connectivity index (χ4n) is 1.61. The van der Waals surface area contributed by atoms with Crippen LogP contribution in [0.5, 0.6) is 0 Å². The Bertz CT molecular complexity index is 544. The predicted molar refractivity (Wildman–Crippen MR) is 72.0 cm³/mol. The lowest BCUT2D eigenvalue weighted by molar-refractivity contribution is -0.0451. The second-order valence-corrected chi connectivity index (χ2v) is 6.51. The molecule has 19 heavy (non-hydrogen) atoms. The maximum Gasteiger partial charge on any atom is 0.240 e. The summed E-state index contributed by atoms with van der Waals surface area (Å²) in [5, 5.41) is 0.514. The van der Waals surface area contributed by atoms with Gasteiger partial charge in [0.25, 0.3) is 0 Å². The monoisotopic (exact) mass is 325 g/mol. The number of hydrogen-bond donors (Lipinski definition) is 1. The highest BCUT2D eigenvalue weighted by Gasteiger charge is 2.19. The molecule has 0 bridgehead atoms. The van der Waals surface area contributed by atoms with Crippen molar-refractivity contribution in [3.63, 3.8) is 0 Å². The highest BCUT2D eigenvalue weighted by atomic mass is 35.5. The summed E-state index contributed by atoms with van der Waals surface area (Å²) in [5.41, 5.74) is 0. The Morgan fingerprint density at radius 2 is 1.89 bits per heavy atom. The number of hydrogen-bond acceptors (Lipinski definition) is 4. The molecule has 0 unspecified atom stereocenters. The summed E-state index contributed by atoms with van der Waals surface area (Å²) >= 11 is 11.5. The van der Waals surface area contributed by atoms with Crippen LogP contribution in [-0.2, 0) is 19.5 Å². The summed E-state index contributed by atoms with van der Waals surface area (Å²) in [6, 6.07) is 4.16. The average Bonchev–Trinajstić information content (AvgIpc) is 2.85. The van der Waals surface area contributed by atoms with Crippen molar-refractivity contribution in [1.82, 2.24) is 4.72 Å². The van der Waals surface area contributed by atoms with Crippen molar-refractivity contribution in [2.24, 2.45) is 0 Å². The second-order valence-electron chi connectivity index (χ2n) is 3.93. The van der Waals surface area contributed by atoms with Crippen molar-refractivity contribution in [2.75, 3.05) is 19.8 Å². The minimum Gasteiger partial charge on any atom is -0.350 e. The van der Waals surface area contributed by atoms with Gasteiger partial charge in [-0.1, -0.05) is 23.2 Å². The van der Waals surface area contributed by atoms with Crippen LogP contribution in [0.25, 0.3) is 0 Å². The highest BCUT2D eigenvalue weighted by molar-refractivity contribution is 7.89. The number of halogens is 2. The molecule has 1 heterocycles. The number of ether oxygens (including phenoxy) is 2.